The molecule has 0 spiro atoms. The summed E-state index contributed by atoms with van der Waals surface area (Å²) in [5.41, 5.74) is 0.216. The fraction of sp³-hybridized carbons (Fsp3) is 0.567. The van der Waals surface area contributed by atoms with Crippen LogP contribution >= 0.6 is 0 Å². The number of nitrogens with zero attached hydrogens (tertiary/aromatic N) is 2. The second-order valence-electron chi connectivity index (χ2n) is 11.1. The second kappa shape index (κ2) is 14.0. The Bertz CT molecular complexity index is 1380. The van der Waals surface area contributed by atoms with Gasteiger partial charge in [0, 0.05) is 26.1 Å². The number of hydrogen-bond donors (Lipinski definition) is 2. The molecule has 1 amide bonds. The summed E-state index contributed by atoms with van der Waals surface area (Å²) in [6, 6.07) is 9.60. The van der Waals surface area contributed by atoms with Crippen LogP contribution in [0.2, 0.25) is 0 Å². The van der Waals surface area contributed by atoms with Crippen molar-refractivity contribution in [2.24, 2.45) is 11.8 Å². The number of hydrogen-bond acceptors (Lipinski definition) is 10. The van der Waals surface area contributed by atoms with Crippen molar-refractivity contribution in [3.8, 4) is 5.88 Å². The quantitative estimate of drug-likeness (QED) is 0.163. The third-order valence-electron chi connectivity index (χ3n) is 8.03. The van der Waals surface area contributed by atoms with E-state index in [1.54, 1.807) is 32.0 Å². The molecule has 2 atom stereocenters. The molecular weight excluding hydrogens is 581 g/mol. The fourth-order valence-electron chi connectivity index (χ4n) is 4.87. The molecule has 2 fully saturated rings. The Hall–Kier alpha value is -3.29. The van der Waals surface area contributed by atoms with Crippen LogP contribution in [-0.2, 0) is 23.8 Å². The average Bonchev–Trinajstić information content (AvgIpc) is 3.75. The Balaban J connectivity index is 1.48. The molecule has 1 saturated heterocycles. The number of aliphatic hydroxyl groups excluding tert-OH is 1. The maximum atomic E-state index is 13.3. The highest BCUT2D eigenvalue weighted by Crippen LogP contribution is 2.39. The molecule has 0 radical (unpaired) electrons. The number of alkyl halides is 1. The number of amides is 1. The van der Waals surface area contributed by atoms with Crippen LogP contribution in [0.5, 0.6) is 5.88 Å². The first kappa shape index (κ1) is 32.6. The lowest BCUT2D eigenvalue weighted by molar-refractivity contribution is -0.152. The first-order valence-electron chi connectivity index (χ1n) is 14.6. The predicted octanol–water partition coefficient (Wildman–Crippen LogP) is 3.18. The van der Waals surface area contributed by atoms with E-state index in [0.29, 0.717) is 12.3 Å². The molecule has 1 aromatic heterocycles. The van der Waals surface area contributed by atoms with Gasteiger partial charge in [-0.1, -0.05) is 31.5 Å². The standard InChI is InChI=1S/C30H40FN3O8S/c1-4-30(5-2,29(37)40-14-6-13-31)33-27(36)25-11-12-26(28(32-25)41-19-22-15-21(22)18-35)34-16-23(17-34)42-43(38,39)24-9-7-20(3)8-10-24/h7-12,21-23,35H,4-6,13-19H2,1-3H3,(H,33,36)/t21-,22?/m1/s1. The zero-order valence-corrected chi connectivity index (χ0v) is 25.6. The number of benzene rings is 1. The number of carbonyl (C=O) groups excluding carboxylic acids is 2. The minimum absolute atomic E-state index is 0.0198. The number of aryl methyl sites for hydroxylation is 1. The van der Waals surface area contributed by atoms with Crippen LogP contribution in [0.1, 0.15) is 55.6 Å². The smallest absolute Gasteiger partial charge is 0.331 e. The highest BCUT2D eigenvalue weighted by molar-refractivity contribution is 7.86. The number of rotatable bonds is 16. The number of esters is 1. The zero-order chi connectivity index (χ0) is 31.2. The van der Waals surface area contributed by atoms with E-state index in [2.05, 4.69) is 10.3 Å². The third kappa shape index (κ3) is 7.81. The minimum atomic E-state index is -3.94. The van der Waals surface area contributed by atoms with Crippen molar-refractivity contribution in [1.82, 2.24) is 10.3 Å². The second-order valence-corrected chi connectivity index (χ2v) is 12.7. The van der Waals surface area contributed by atoms with Crippen LogP contribution in [0.4, 0.5) is 10.1 Å². The van der Waals surface area contributed by atoms with Gasteiger partial charge < -0.3 is 24.8 Å². The zero-order valence-electron chi connectivity index (χ0n) is 24.8. The molecule has 13 heteroatoms. The summed E-state index contributed by atoms with van der Waals surface area (Å²) in [5, 5.41) is 12.2. The summed E-state index contributed by atoms with van der Waals surface area (Å²) < 4.78 is 54.6. The molecule has 2 aromatic rings. The molecule has 2 aliphatic rings. The van der Waals surface area contributed by atoms with Crippen molar-refractivity contribution in [3.63, 3.8) is 0 Å². The van der Waals surface area contributed by atoms with E-state index >= 15 is 0 Å². The maximum absolute atomic E-state index is 13.3. The van der Waals surface area contributed by atoms with Crippen molar-refractivity contribution >= 4 is 27.7 Å². The Morgan fingerprint density at radius 2 is 1.81 bits per heavy atom. The summed E-state index contributed by atoms with van der Waals surface area (Å²) in [5.74, 6) is -0.738. The van der Waals surface area contributed by atoms with Gasteiger partial charge in [-0.25, -0.2) is 9.78 Å². The number of halogens is 1. The molecule has 236 valence electrons. The summed E-state index contributed by atoms with van der Waals surface area (Å²) in [6.45, 7) is 5.55. The summed E-state index contributed by atoms with van der Waals surface area (Å²) in [4.78, 5) is 32.5. The summed E-state index contributed by atoms with van der Waals surface area (Å²) >= 11 is 0. The molecule has 43 heavy (non-hydrogen) atoms. The molecular formula is C30H40FN3O8S. The van der Waals surface area contributed by atoms with Crippen molar-refractivity contribution < 1.29 is 41.2 Å². The number of aliphatic hydroxyl groups is 1. The normalized spacial score (nSPS) is 18.6. The first-order chi connectivity index (χ1) is 20.6. The van der Waals surface area contributed by atoms with E-state index in [4.69, 9.17) is 13.7 Å². The van der Waals surface area contributed by atoms with Gasteiger partial charge in [-0.2, -0.15) is 8.42 Å². The van der Waals surface area contributed by atoms with Crippen LogP contribution in [-0.4, -0.2) is 81.6 Å². The molecule has 2 heterocycles. The number of ether oxygens (including phenoxy) is 2. The lowest BCUT2D eigenvalue weighted by Gasteiger charge is -2.40. The number of anilines is 1. The predicted molar refractivity (Wildman–Crippen MR) is 156 cm³/mol. The highest BCUT2D eigenvalue weighted by Gasteiger charge is 2.40. The van der Waals surface area contributed by atoms with Crippen molar-refractivity contribution in [3.05, 3.63) is 47.7 Å². The summed E-state index contributed by atoms with van der Waals surface area (Å²) in [7, 11) is -3.94. The monoisotopic (exact) mass is 621 g/mol. The van der Waals surface area contributed by atoms with Gasteiger partial charge in [0.15, 0.2) is 0 Å². The SMILES string of the molecule is CCC(CC)(NC(=O)c1ccc(N2CC(OS(=O)(=O)c3ccc(C)cc3)C2)c(OCC2C[C@@H]2CO)n1)C(=O)OCCCF. The fourth-order valence-corrected chi connectivity index (χ4v) is 5.93. The van der Waals surface area contributed by atoms with Crippen LogP contribution in [0, 0.1) is 18.8 Å². The van der Waals surface area contributed by atoms with E-state index in [1.807, 2.05) is 11.8 Å². The number of pyridine rings is 1. The van der Waals surface area contributed by atoms with Crippen LogP contribution in [0.15, 0.2) is 41.3 Å². The lowest BCUT2D eigenvalue weighted by Crippen LogP contribution is -2.55. The van der Waals surface area contributed by atoms with Crippen molar-refractivity contribution in [2.45, 2.75) is 63.0 Å². The van der Waals surface area contributed by atoms with Gasteiger partial charge >= 0.3 is 5.97 Å². The first-order valence-corrected chi connectivity index (χ1v) is 16.0. The molecule has 1 unspecified atom stereocenters. The number of aromatic nitrogens is 1. The Kier molecular flexibility index (Phi) is 10.6. The van der Waals surface area contributed by atoms with Gasteiger partial charge in [0.1, 0.15) is 23.0 Å². The molecule has 1 aliphatic carbocycles. The Labute approximate surface area is 251 Å². The van der Waals surface area contributed by atoms with Crippen molar-refractivity contribution in [2.75, 3.05) is 44.5 Å². The minimum Gasteiger partial charge on any atom is -0.476 e. The van der Waals surface area contributed by atoms with Gasteiger partial charge in [-0.15, -0.1) is 0 Å². The van der Waals surface area contributed by atoms with E-state index in [9.17, 15) is 27.5 Å². The van der Waals surface area contributed by atoms with Crippen molar-refractivity contribution in [1.29, 1.82) is 0 Å². The highest BCUT2D eigenvalue weighted by atomic mass is 32.2. The molecule has 1 aromatic carbocycles. The largest absolute Gasteiger partial charge is 0.476 e. The Morgan fingerprint density at radius 1 is 1.12 bits per heavy atom. The van der Waals surface area contributed by atoms with Gasteiger partial charge in [-0.3, -0.25) is 13.4 Å². The van der Waals surface area contributed by atoms with Crippen LogP contribution in [0.25, 0.3) is 0 Å². The van der Waals surface area contributed by atoms with E-state index in [-0.39, 0.29) is 73.9 Å². The summed E-state index contributed by atoms with van der Waals surface area (Å²) in [6.07, 6.45) is 0.836. The van der Waals surface area contributed by atoms with E-state index < -0.39 is 40.3 Å². The third-order valence-corrected chi connectivity index (χ3v) is 9.41. The van der Waals surface area contributed by atoms with Crippen LogP contribution < -0.4 is 15.0 Å². The molecule has 4 rings (SSSR count). The number of carbonyl (C=O) groups is 2. The van der Waals surface area contributed by atoms with Gasteiger partial charge in [0.2, 0.25) is 5.88 Å². The average molecular weight is 622 g/mol. The lowest BCUT2D eigenvalue weighted by atomic mass is 9.92. The Morgan fingerprint density at radius 3 is 2.42 bits per heavy atom. The molecule has 0 bridgehead atoms. The van der Waals surface area contributed by atoms with Gasteiger partial charge in [-0.05, 0) is 62.3 Å². The molecule has 11 nitrogen and oxygen atoms in total. The molecule has 1 aliphatic heterocycles. The molecule has 2 N–H and O–H groups in total. The van der Waals surface area contributed by atoms with E-state index in [0.717, 1.165) is 12.0 Å². The van der Waals surface area contributed by atoms with Gasteiger partial charge in [0.25, 0.3) is 16.0 Å². The van der Waals surface area contributed by atoms with Gasteiger partial charge in [0.05, 0.1) is 24.8 Å². The maximum Gasteiger partial charge on any atom is 0.331 e. The topological polar surface area (TPSA) is 144 Å². The van der Waals surface area contributed by atoms with E-state index in [1.165, 1.54) is 18.2 Å². The van der Waals surface area contributed by atoms with Crippen LogP contribution in [0.3, 0.4) is 0 Å². The number of nitrogens with one attached hydrogen (secondary N) is 1. The molecule has 1 saturated carbocycles.